The Kier molecular flexibility index (Phi) is 6.38. The van der Waals surface area contributed by atoms with Crippen LogP contribution in [0, 0.1) is 15.9 Å². The highest BCUT2D eigenvalue weighted by Gasteiger charge is 2.05. The molecule has 1 N–H and O–H groups in total. The lowest BCUT2D eigenvalue weighted by molar-refractivity contribution is -0.116. The summed E-state index contributed by atoms with van der Waals surface area (Å²) in [5, 5.41) is 3.53. The van der Waals surface area contributed by atoms with Crippen LogP contribution in [0.15, 0.2) is 18.2 Å². The summed E-state index contributed by atoms with van der Waals surface area (Å²) in [7, 11) is 0. The van der Waals surface area contributed by atoms with Crippen LogP contribution in [0.25, 0.3) is 0 Å². The number of unbranched alkanes of at least 4 members (excludes halogenated alkanes) is 2. The Labute approximate surface area is 120 Å². The largest absolute Gasteiger partial charge is 0.325 e. The molecule has 0 heterocycles. The van der Waals surface area contributed by atoms with Crippen molar-refractivity contribution in [1.29, 1.82) is 0 Å². The minimum absolute atomic E-state index is 0.0160. The van der Waals surface area contributed by atoms with Gasteiger partial charge in [0, 0.05) is 21.4 Å². The van der Waals surface area contributed by atoms with Crippen molar-refractivity contribution in [3.05, 3.63) is 26.8 Å². The Bertz CT molecular complexity index is 440. The maximum atomic E-state index is 11.6. The van der Waals surface area contributed by atoms with Gasteiger partial charge in [-0.1, -0.05) is 11.6 Å². The van der Waals surface area contributed by atoms with Crippen LogP contribution in [0.4, 0.5) is 5.69 Å². The number of amides is 1. The van der Waals surface area contributed by atoms with E-state index in [2.05, 4.69) is 33.8 Å². The summed E-state index contributed by atoms with van der Waals surface area (Å²) >= 11 is 7.98. The highest BCUT2D eigenvalue weighted by molar-refractivity contribution is 14.1. The molecule has 0 spiro atoms. The van der Waals surface area contributed by atoms with Crippen molar-refractivity contribution in [3.63, 3.8) is 0 Å². The van der Waals surface area contributed by atoms with Crippen molar-refractivity contribution in [2.75, 3.05) is 5.32 Å². The molecule has 4 heteroatoms. The minimum Gasteiger partial charge on any atom is -0.325 e. The third kappa shape index (κ3) is 5.42. The minimum atomic E-state index is 0.0160. The Hall–Kier alpha value is -0.730. The molecule has 1 aromatic carbocycles. The molecule has 1 aromatic rings. The first kappa shape index (κ1) is 14.3. The van der Waals surface area contributed by atoms with Gasteiger partial charge in [-0.05, 0) is 53.6 Å². The normalized spacial score (nSPS) is 9.71. The monoisotopic (exact) mass is 361 g/mol. The number of anilines is 1. The number of nitrogens with one attached hydrogen (secondary N) is 1. The van der Waals surface area contributed by atoms with Crippen LogP contribution in [0.5, 0.6) is 0 Å². The van der Waals surface area contributed by atoms with Crippen LogP contribution in [-0.2, 0) is 4.79 Å². The average Bonchev–Trinajstić information content (AvgIpc) is 2.28. The van der Waals surface area contributed by atoms with E-state index in [9.17, 15) is 4.79 Å². The zero-order valence-corrected chi connectivity index (χ0v) is 12.2. The van der Waals surface area contributed by atoms with Gasteiger partial charge >= 0.3 is 0 Å². The molecule has 2 nitrogen and oxygen atoms in total. The summed E-state index contributed by atoms with van der Waals surface area (Å²) in [5.74, 6) is 2.57. The number of benzene rings is 1. The summed E-state index contributed by atoms with van der Waals surface area (Å²) < 4.78 is 0.937. The van der Waals surface area contributed by atoms with Crippen molar-refractivity contribution in [3.8, 4) is 12.3 Å². The van der Waals surface area contributed by atoms with Gasteiger partial charge in [-0.3, -0.25) is 4.79 Å². The smallest absolute Gasteiger partial charge is 0.224 e. The summed E-state index contributed by atoms with van der Waals surface area (Å²) in [6.07, 6.45) is 8.08. The molecule has 90 valence electrons. The van der Waals surface area contributed by atoms with E-state index in [1.54, 1.807) is 6.07 Å². The topological polar surface area (TPSA) is 29.1 Å². The van der Waals surface area contributed by atoms with Crippen LogP contribution < -0.4 is 5.32 Å². The molecule has 0 saturated heterocycles. The molecule has 0 aromatic heterocycles. The second-order valence-corrected chi connectivity index (χ2v) is 5.18. The molecular weight excluding hydrogens is 349 g/mol. The fourth-order valence-corrected chi connectivity index (χ4v) is 2.32. The van der Waals surface area contributed by atoms with E-state index < -0.39 is 0 Å². The Morgan fingerprint density at radius 3 is 2.88 bits per heavy atom. The third-order valence-electron chi connectivity index (χ3n) is 2.18. The number of halogens is 2. The first-order valence-corrected chi connectivity index (χ1v) is 6.77. The predicted molar refractivity (Wildman–Crippen MR) is 80.1 cm³/mol. The van der Waals surface area contributed by atoms with Crippen LogP contribution in [-0.4, -0.2) is 5.91 Å². The van der Waals surface area contributed by atoms with E-state index in [4.69, 9.17) is 18.0 Å². The number of carbonyl (C=O) groups is 1. The van der Waals surface area contributed by atoms with Crippen LogP contribution in [0.3, 0.4) is 0 Å². The van der Waals surface area contributed by atoms with Crippen LogP contribution in [0.2, 0.25) is 5.02 Å². The van der Waals surface area contributed by atoms with Gasteiger partial charge in [0.15, 0.2) is 0 Å². The van der Waals surface area contributed by atoms with E-state index >= 15 is 0 Å². The lowest BCUT2D eigenvalue weighted by Gasteiger charge is -2.07. The predicted octanol–water partition coefficient (Wildman–Crippen LogP) is 4.08. The highest BCUT2D eigenvalue weighted by atomic mass is 127. The van der Waals surface area contributed by atoms with Crippen molar-refractivity contribution in [2.45, 2.75) is 25.7 Å². The molecule has 1 rings (SSSR count). The molecule has 17 heavy (non-hydrogen) atoms. The van der Waals surface area contributed by atoms with Crippen molar-refractivity contribution >= 4 is 45.8 Å². The molecule has 0 radical (unpaired) electrons. The number of terminal acetylenes is 1. The van der Waals surface area contributed by atoms with Crippen LogP contribution in [0.1, 0.15) is 25.7 Å². The van der Waals surface area contributed by atoms with E-state index in [0.29, 0.717) is 11.4 Å². The molecule has 0 bridgehead atoms. The quantitative estimate of drug-likeness (QED) is 0.478. The van der Waals surface area contributed by atoms with E-state index in [-0.39, 0.29) is 5.91 Å². The molecule has 0 aliphatic carbocycles. The van der Waals surface area contributed by atoms with Crippen molar-refractivity contribution in [1.82, 2.24) is 0 Å². The lowest BCUT2D eigenvalue weighted by Crippen LogP contribution is -2.11. The van der Waals surface area contributed by atoms with Gasteiger partial charge < -0.3 is 5.32 Å². The molecule has 0 fully saturated rings. The van der Waals surface area contributed by atoms with E-state index in [1.807, 2.05) is 12.1 Å². The van der Waals surface area contributed by atoms with Crippen molar-refractivity contribution < 1.29 is 4.79 Å². The summed E-state index contributed by atoms with van der Waals surface area (Å²) in [6, 6.07) is 5.39. The Balaban J connectivity index is 2.43. The third-order valence-corrected chi connectivity index (χ3v) is 3.31. The first-order valence-electron chi connectivity index (χ1n) is 5.32. The highest BCUT2D eigenvalue weighted by Crippen LogP contribution is 2.22. The zero-order chi connectivity index (χ0) is 12.7. The number of rotatable bonds is 5. The second kappa shape index (κ2) is 7.57. The van der Waals surface area contributed by atoms with Crippen LogP contribution >= 0.6 is 34.2 Å². The number of hydrogen-bond acceptors (Lipinski definition) is 1. The summed E-state index contributed by atoms with van der Waals surface area (Å²) in [6.45, 7) is 0. The van der Waals surface area contributed by atoms with Gasteiger partial charge in [0.05, 0.1) is 5.69 Å². The van der Waals surface area contributed by atoms with E-state index in [1.165, 1.54) is 0 Å². The molecule has 0 aliphatic heterocycles. The molecule has 0 atom stereocenters. The summed E-state index contributed by atoms with van der Waals surface area (Å²) in [5.41, 5.74) is 0.803. The maximum absolute atomic E-state index is 11.6. The molecule has 0 unspecified atom stereocenters. The van der Waals surface area contributed by atoms with E-state index in [0.717, 1.165) is 28.5 Å². The Morgan fingerprint density at radius 1 is 1.47 bits per heavy atom. The Morgan fingerprint density at radius 2 is 2.24 bits per heavy atom. The SMILES string of the molecule is C#CCCCCC(=O)Nc1ccc(Cl)cc1I. The lowest BCUT2D eigenvalue weighted by atomic mass is 10.2. The van der Waals surface area contributed by atoms with Gasteiger partial charge in [-0.15, -0.1) is 12.3 Å². The van der Waals surface area contributed by atoms with Gasteiger partial charge in [0.2, 0.25) is 5.91 Å². The maximum Gasteiger partial charge on any atom is 0.224 e. The standard InChI is InChI=1S/C13H13ClINO/c1-2-3-4-5-6-13(17)16-12-8-7-10(14)9-11(12)15/h1,7-9H,3-6H2,(H,16,17). The summed E-state index contributed by atoms with van der Waals surface area (Å²) in [4.78, 5) is 11.6. The molecule has 1 amide bonds. The fraction of sp³-hybridized carbons (Fsp3) is 0.308. The fourth-order valence-electron chi connectivity index (χ4n) is 1.32. The molecular formula is C13H13ClINO. The van der Waals surface area contributed by atoms with Gasteiger partial charge in [-0.25, -0.2) is 0 Å². The van der Waals surface area contributed by atoms with Gasteiger partial charge in [0.1, 0.15) is 0 Å². The molecule has 0 aliphatic rings. The van der Waals surface area contributed by atoms with Gasteiger partial charge in [0.25, 0.3) is 0 Å². The second-order valence-electron chi connectivity index (χ2n) is 3.58. The van der Waals surface area contributed by atoms with Gasteiger partial charge in [-0.2, -0.15) is 0 Å². The van der Waals surface area contributed by atoms with Crippen molar-refractivity contribution in [2.24, 2.45) is 0 Å². The number of hydrogen-bond donors (Lipinski definition) is 1. The molecule has 0 saturated carbocycles. The zero-order valence-electron chi connectivity index (χ0n) is 9.30. The first-order chi connectivity index (χ1) is 8.13. The number of carbonyl (C=O) groups excluding carboxylic acids is 1. The average molecular weight is 362 g/mol.